The zero-order valence-corrected chi connectivity index (χ0v) is 9.87. The summed E-state index contributed by atoms with van der Waals surface area (Å²) in [5.74, 6) is 1.52. The molecule has 5 nitrogen and oxygen atoms in total. The smallest absolute Gasteiger partial charge is 0.265 e. The van der Waals surface area contributed by atoms with Gasteiger partial charge in [-0.05, 0) is 24.6 Å². The first-order chi connectivity index (χ1) is 8.72. The van der Waals surface area contributed by atoms with Crippen molar-refractivity contribution in [1.82, 2.24) is 14.4 Å². The van der Waals surface area contributed by atoms with E-state index in [9.17, 15) is 0 Å². The van der Waals surface area contributed by atoms with Crippen molar-refractivity contribution < 1.29 is 4.74 Å². The number of ether oxygens (including phenoxy) is 1. The Morgan fingerprint density at radius 3 is 3.06 bits per heavy atom. The second-order valence-electron chi connectivity index (χ2n) is 4.05. The first kappa shape index (κ1) is 10.6. The van der Waals surface area contributed by atoms with Crippen molar-refractivity contribution in [2.24, 2.45) is 0 Å². The second kappa shape index (κ2) is 4.03. The first-order valence-corrected chi connectivity index (χ1v) is 5.56. The molecule has 0 spiro atoms. The van der Waals surface area contributed by atoms with E-state index < -0.39 is 0 Å². The Kier molecular flexibility index (Phi) is 2.37. The van der Waals surface area contributed by atoms with Crippen molar-refractivity contribution in [2.45, 2.75) is 6.92 Å². The highest BCUT2D eigenvalue weighted by atomic mass is 16.5. The number of hydrogen-bond donors (Lipinski definition) is 1. The lowest BCUT2D eigenvalue weighted by Crippen LogP contribution is -1.99. The van der Waals surface area contributed by atoms with Gasteiger partial charge in [-0.15, -0.1) is 0 Å². The third-order valence-electron chi connectivity index (χ3n) is 2.57. The summed E-state index contributed by atoms with van der Waals surface area (Å²) in [6.45, 7) is 2.00. The third kappa shape index (κ3) is 1.86. The summed E-state index contributed by atoms with van der Waals surface area (Å²) in [5.41, 5.74) is 7.49. The van der Waals surface area contributed by atoms with Crippen molar-refractivity contribution in [3.63, 3.8) is 0 Å². The van der Waals surface area contributed by atoms with E-state index in [4.69, 9.17) is 10.5 Å². The number of hydrogen-bond acceptors (Lipinski definition) is 4. The van der Waals surface area contributed by atoms with E-state index >= 15 is 0 Å². The number of nitrogens with two attached hydrogens (primary N) is 1. The van der Waals surface area contributed by atoms with Gasteiger partial charge in [0.05, 0.1) is 6.20 Å². The van der Waals surface area contributed by atoms with Gasteiger partial charge in [0.25, 0.3) is 5.88 Å². The van der Waals surface area contributed by atoms with Gasteiger partial charge >= 0.3 is 0 Å². The van der Waals surface area contributed by atoms with Gasteiger partial charge in [0.15, 0.2) is 0 Å². The zero-order chi connectivity index (χ0) is 12.5. The molecule has 18 heavy (non-hydrogen) atoms. The van der Waals surface area contributed by atoms with E-state index in [1.807, 2.05) is 31.2 Å². The molecule has 0 bridgehead atoms. The monoisotopic (exact) mass is 240 g/mol. The minimum absolute atomic E-state index is 0.392. The average Bonchev–Trinajstić information content (AvgIpc) is 2.77. The summed E-state index contributed by atoms with van der Waals surface area (Å²) in [6, 6.07) is 7.74. The molecule has 0 fully saturated rings. The van der Waals surface area contributed by atoms with Crippen LogP contribution in [0.1, 0.15) is 5.56 Å². The number of nitrogens with zero attached hydrogens (tertiary/aromatic N) is 3. The highest BCUT2D eigenvalue weighted by Gasteiger charge is 2.08. The van der Waals surface area contributed by atoms with Crippen LogP contribution in [0.3, 0.4) is 0 Å². The molecule has 0 amide bonds. The van der Waals surface area contributed by atoms with Crippen LogP contribution in [0.25, 0.3) is 5.65 Å². The average molecular weight is 240 g/mol. The van der Waals surface area contributed by atoms with Crippen LogP contribution in [0.5, 0.6) is 11.6 Å². The maximum Gasteiger partial charge on any atom is 0.265 e. The van der Waals surface area contributed by atoms with Gasteiger partial charge < -0.3 is 10.5 Å². The van der Waals surface area contributed by atoms with E-state index in [-0.39, 0.29) is 0 Å². The van der Waals surface area contributed by atoms with Gasteiger partial charge in [0.2, 0.25) is 5.65 Å². The van der Waals surface area contributed by atoms with Gasteiger partial charge in [-0.1, -0.05) is 12.1 Å². The number of fused-ring (bicyclic) bond motifs is 1. The van der Waals surface area contributed by atoms with Crippen LogP contribution in [-0.4, -0.2) is 14.4 Å². The molecule has 0 saturated carbocycles. The SMILES string of the molecule is Cc1cccc(Oc2nc(N)cn3ccnc23)c1. The second-order valence-corrected chi connectivity index (χ2v) is 4.05. The zero-order valence-electron chi connectivity index (χ0n) is 9.87. The van der Waals surface area contributed by atoms with Crippen molar-refractivity contribution >= 4 is 11.5 Å². The molecule has 2 N–H and O–H groups in total. The van der Waals surface area contributed by atoms with Gasteiger partial charge in [-0.3, -0.25) is 4.40 Å². The summed E-state index contributed by atoms with van der Waals surface area (Å²) >= 11 is 0. The molecular weight excluding hydrogens is 228 g/mol. The van der Waals surface area contributed by atoms with E-state index in [0.29, 0.717) is 17.3 Å². The molecule has 0 atom stereocenters. The Bertz CT molecular complexity index is 705. The van der Waals surface area contributed by atoms with Crippen LogP contribution in [-0.2, 0) is 0 Å². The lowest BCUT2D eigenvalue weighted by Gasteiger charge is -2.07. The number of benzene rings is 1. The molecule has 2 aromatic heterocycles. The highest BCUT2D eigenvalue weighted by molar-refractivity contribution is 5.54. The van der Waals surface area contributed by atoms with E-state index in [1.165, 1.54) is 0 Å². The Labute approximate surface area is 104 Å². The van der Waals surface area contributed by atoms with E-state index in [2.05, 4.69) is 9.97 Å². The Morgan fingerprint density at radius 2 is 2.22 bits per heavy atom. The minimum atomic E-state index is 0.392. The summed E-state index contributed by atoms with van der Waals surface area (Å²) in [6.07, 6.45) is 5.18. The standard InChI is InChI=1S/C13H12N4O/c1-9-3-2-4-10(7-9)18-13-12-15-5-6-17(12)8-11(14)16-13/h2-8H,14H2,1H3. The molecule has 0 radical (unpaired) electrons. The number of anilines is 1. The predicted molar refractivity (Wildman–Crippen MR) is 68.7 cm³/mol. The van der Waals surface area contributed by atoms with Crippen LogP contribution in [0.2, 0.25) is 0 Å². The van der Waals surface area contributed by atoms with Crippen molar-refractivity contribution in [3.05, 3.63) is 48.4 Å². The summed E-state index contributed by atoms with van der Waals surface area (Å²) in [4.78, 5) is 8.37. The fraction of sp³-hybridized carbons (Fsp3) is 0.0769. The van der Waals surface area contributed by atoms with Crippen molar-refractivity contribution in [3.8, 4) is 11.6 Å². The van der Waals surface area contributed by atoms with Crippen LogP contribution >= 0.6 is 0 Å². The topological polar surface area (TPSA) is 65.4 Å². The quantitative estimate of drug-likeness (QED) is 0.747. The molecule has 0 aliphatic carbocycles. The molecule has 0 unspecified atom stereocenters. The summed E-state index contributed by atoms with van der Waals surface area (Å²) in [5, 5.41) is 0. The first-order valence-electron chi connectivity index (χ1n) is 5.56. The van der Waals surface area contributed by atoms with Gasteiger partial charge in [-0.25, -0.2) is 4.98 Å². The third-order valence-corrected chi connectivity index (χ3v) is 2.57. The molecule has 5 heteroatoms. The fourth-order valence-corrected chi connectivity index (χ4v) is 1.78. The molecule has 3 aromatic rings. The molecule has 2 heterocycles. The highest BCUT2D eigenvalue weighted by Crippen LogP contribution is 2.24. The molecule has 0 aliphatic rings. The largest absolute Gasteiger partial charge is 0.436 e. The van der Waals surface area contributed by atoms with Gasteiger partial charge in [0, 0.05) is 12.4 Å². The molecule has 90 valence electrons. The van der Waals surface area contributed by atoms with Crippen molar-refractivity contribution in [2.75, 3.05) is 5.73 Å². The Balaban J connectivity index is 2.06. The molecule has 1 aromatic carbocycles. The fourth-order valence-electron chi connectivity index (χ4n) is 1.78. The number of aryl methyl sites for hydroxylation is 1. The van der Waals surface area contributed by atoms with Gasteiger partial charge in [0.1, 0.15) is 11.6 Å². The number of rotatable bonds is 2. The predicted octanol–water partition coefficient (Wildman–Crippen LogP) is 2.41. The molecule has 0 saturated heterocycles. The van der Waals surface area contributed by atoms with Crippen LogP contribution in [0.15, 0.2) is 42.9 Å². The minimum Gasteiger partial charge on any atom is -0.436 e. The lowest BCUT2D eigenvalue weighted by atomic mass is 10.2. The van der Waals surface area contributed by atoms with E-state index in [1.54, 1.807) is 23.0 Å². The molecular formula is C13H12N4O. The van der Waals surface area contributed by atoms with Crippen LogP contribution in [0, 0.1) is 6.92 Å². The summed E-state index contributed by atoms with van der Waals surface area (Å²) in [7, 11) is 0. The van der Waals surface area contributed by atoms with E-state index in [0.717, 1.165) is 11.3 Å². The number of aromatic nitrogens is 3. The maximum absolute atomic E-state index is 5.74. The Morgan fingerprint density at radius 1 is 1.33 bits per heavy atom. The maximum atomic E-state index is 5.74. The number of nitrogen functional groups attached to an aromatic ring is 1. The summed E-state index contributed by atoms with van der Waals surface area (Å²) < 4.78 is 7.52. The number of imidazole rings is 1. The Hall–Kier alpha value is -2.56. The van der Waals surface area contributed by atoms with Gasteiger partial charge in [-0.2, -0.15) is 4.98 Å². The normalized spacial score (nSPS) is 10.7. The lowest BCUT2D eigenvalue weighted by molar-refractivity contribution is 0.465. The van der Waals surface area contributed by atoms with Crippen molar-refractivity contribution in [1.29, 1.82) is 0 Å². The van der Waals surface area contributed by atoms with Crippen LogP contribution < -0.4 is 10.5 Å². The molecule has 0 aliphatic heterocycles. The van der Waals surface area contributed by atoms with Crippen LogP contribution in [0.4, 0.5) is 5.82 Å². The molecule has 3 rings (SSSR count).